The zero-order valence-corrected chi connectivity index (χ0v) is 15.0. The molecular weight excluding hydrogens is 381 g/mol. The molecule has 2 fully saturated rings. The van der Waals surface area contributed by atoms with E-state index in [2.05, 4.69) is 10.7 Å². The van der Waals surface area contributed by atoms with Crippen LogP contribution in [0.25, 0.3) is 0 Å². The van der Waals surface area contributed by atoms with Gasteiger partial charge < -0.3 is 10.1 Å². The second-order valence-electron chi connectivity index (χ2n) is 6.45. The SMILES string of the molecule is O=C(COC(=O)c1ccc(F)cc1Cl)NN1C(=O)NC2(CCCCC2)C1=O. The molecule has 1 aromatic rings. The number of hydrogen-bond donors (Lipinski definition) is 2. The fraction of sp³-hybridized carbons (Fsp3) is 0.412. The van der Waals surface area contributed by atoms with Gasteiger partial charge in [0.05, 0.1) is 10.6 Å². The summed E-state index contributed by atoms with van der Waals surface area (Å²) in [6.45, 7) is -0.739. The first kappa shape index (κ1) is 19.1. The Kier molecular flexibility index (Phi) is 5.31. The maximum absolute atomic E-state index is 13.0. The van der Waals surface area contributed by atoms with Gasteiger partial charge in [-0.15, -0.1) is 0 Å². The number of rotatable bonds is 4. The monoisotopic (exact) mass is 397 g/mol. The van der Waals surface area contributed by atoms with Crippen molar-refractivity contribution in [3.63, 3.8) is 0 Å². The maximum Gasteiger partial charge on any atom is 0.344 e. The minimum atomic E-state index is -0.971. The highest BCUT2D eigenvalue weighted by molar-refractivity contribution is 6.33. The fourth-order valence-electron chi connectivity index (χ4n) is 3.24. The smallest absolute Gasteiger partial charge is 0.344 e. The fourth-order valence-corrected chi connectivity index (χ4v) is 3.48. The first-order chi connectivity index (χ1) is 12.8. The number of esters is 1. The van der Waals surface area contributed by atoms with E-state index in [-0.39, 0.29) is 10.6 Å². The summed E-state index contributed by atoms with van der Waals surface area (Å²) in [7, 11) is 0. The van der Waals surface area contributed by atoms with Crippen molar-refractivity contribution in [2.75, 3.05) is 6.61 Å². The zero-order valence-electron chi connectivity index (χ0n) is 14.2. The first-order valence-corrected chi connectivity index (χ1v) is 8.78. The van der Waals surface area contributed by atoms with Crippen LogP contribution in [0.2, 0.25) is 5.02 Å². The number of halogens is 2. The highest BCUT2D eigenvalue weighted by Crippen LogP contribution is 2.32. The van der Waals surface area contributed by atoms with Crippen LogP contribution in [0, 0.1) is 5.82 Å². The molecule has 0 atom stereocenters. The third kappa shape index (κ3) is 3.87. The Hall–Kier alpha value is -2.68. The Labute approximate surface area is 158 Å². The van der Waals surface area contributed by atoms with E-state index in [1.165, 1.54) is 0 Å². The second kappa shape index (κ2) is 7.51. The molecule has 3 rings (SSSR count). The highest BCUT2D eigenvalue weighted by atomic mass is 35.5. The van der Waals surface area contributed by atoms with Crippen molar-refractivity contribution in [3.05, 3.63) is 34.6 Å². The van der Waals surface area contributed by atoms with Crippen molar-refractivity contribution in [2.24, 2.45) is 0 Å². The van der Waals surface area contributed by atoms with E-state index in [0.29, 0.717) is 17.9 Å². The molecule has 10 heteroatoms. The topological polar surface area (TPSA) is 105 Å². The molecule has 8 nitrogen and oxygen atoms in total. The molecule has 1 aromatic carbocycles. The average molecular weight is 398 g/mol. The summed E-state index contributed by atoms with van der Waals surface area (Å²) in [6.07, 6.45) is 3.64. The van der Waals surface area contributed by atoms with E-state index < -0.39 is 41.8 Å². The van der Waals surface area contributed by atoms with Crippen molar-refractivity contribution < 1.29 is 28.3 Å². The molecule has 4 amide bonds. The lowest BCUT2D eigenvalue weighted by Crippen LogP contribution is -2.51. The van der Waals surface area contributed by atoms with Crippen molar-refractivity contribution in [1.82, 2.24) is 15.8 Å². The number of hydrogen-bond acceptors (Lipinski definition) is 5. The predicted molar refractivity (Wildman–Crippen MR) is 91.0 cm³/mol. The van der Waals surface area contributed by atoms with Crippen molar-refractivity contribution >= 4 is 35.4 Å². The molecule has 2 aliphatic rings. The molecule has 1 saturated carbocycles. The van der Waals surface area contributed by atoms with Gasteiger partial charge in [-0.3, -0.25) is 15.0 Å². The van der Waals surface area contributed by atoms with Gasteiger partial charge in [-0.25, -0.2) is 14.0 Å². The normalized spacial score (nSPS) is 18.4. The maximum atomic E-state index is 13.0. The van der Waals surface area contributed by atoms with Gasteiger partial charge in [0.15, 0.2) is 6.61 Å². The number of amides is 4. The molecule has 0 bridgehead atoms. The number of carbonyl (C=O) groups excluding carboxylic acids is 4. The van der Waals surface area contributed by atoms with E-state index in [0.717, 1.165) is 37.5 Å². The number of hydrazine groups is 1. The summed E-state index contributed by atoms with van der Waals surface area (Å²) in [5, 5.41) is 3.10. The number of carbonyl (C=O) groups is 4. The van der Waals surface area contributed by atoms with Gasteiger partial charge >= 0.3 is 12.0 Å². The molecule has 1 saturated heterocycles. The number of nitrogens with one attached hydrogen (secondary N) is 2. The summed E-state index contributed by atoms with van der Waals surface area (Å²) in [5.41, 5.74) is 1.06. The van der Waals surface area contributed by atoms with E-state index in [1.54, 1.807) is 0 Å². The molecular formula is C17H17ClFN3O5. The second-order valence-corrected chi connectivity index (χ2v) is 6.86. The van der Waals surface area contributed by atoms with Gasteiger partial charge in [0, 0.05) is 0 Å². The number of benzene rings is 1. The van der Waals surface area contributed by atoms with Crippen LogP contribution in [-0.4, -0.2) is 41.0 Å². The summed E-state index contributed by atoms with van der Waals surface area (Å²) < 4.78 is 17.8. The van der Waals surface area contributed by atoms with Crippen molar-refractivity contribution in [3.8, 4) is 0 Å². The van der Waals surface area contributed by atoms with Crippen LogP contribution in [0.1, 0.15) is 42.5 Å². The molecule has 1 aliphatic heterocycles. The van der Waals surface area contributed by atoms with Gasteiger partial charge in [0.1, 0.15) is 11.4 Å². The van der Waals surface area contributed by atoms with Gasteiger partial charge in [-0.2, -0.15) is 5.01 Å². The minimum Gasteiger partial charge on any atom is -0.452 e. The Morgan fingerprint density at radius 1 is 1.26 bits per heavy atom. The molecule has 0 unspecified atom stereocenters. The highest BCUT2D eigenvalue weighted by Gasteiger charge is 2.52. The minimum absolute atomic E-state index is 0.109. The average Bonchev–Trinajstić information content (AvgIpc) is 2.84. The number of urea groups is 1. The van der Waals surface area contributed by atoms with Gasteiger partial charge in [-0.05, 0) is 31.0 Å². The molecule has 1 spiro atoms. The number of imide groups is 1. The molecule has 2 N–H and O–H groups in total. The largest absolute Gasteiger partial charge is 0.452 e. The molecule has 0 aromatic heterocycles. The Bertz CT molecular complexity index is 810. The molecule has 0 radical (unpaired) electrons. The summed E-state index contributed by atoms with van der Waals surface area (Å²) in [5.74, 6) is -2.94. The molecule has 1 aliphatic carbocycles. The standard InChI is InChI=1S/C17H17ClFN3O5/c18-12-8-10(19)4-5-11(12)14(24)27-9-13(23)21-22-15(25)17(20-16(22)26)6-2-1-3-7-17/h4-5,8H,1-3,6-7,9H2,(H,20,26)(H,21,23). The van der Waals surface area contributed by atoms with Crippen molar-refractivity contribution in [1.29, 1.82) is 0 Å². The zero-order chi connectivity index (χ0) is 19.6. The van der Waals surface area contributed by atoms with Crippen LogP contribution in [0.15, 0.2) is 18.2 Å². The molecule has 144 valence electrons. The van der Waals surface area contributed by atoms with Crippen LogP contribution < -0.4 is 10.7 Å². The van der Waals surface area contributed by atoms with Crippen LogP contribution in [-0.2, 0) is 14.3 Å². The number of ether oxygens (including phenoxy) is 1. The van der Waals surface area contributed by atoms with E-state index >= 15 is 0 Å². The van der Waals surface area contributed by atoms with E-state index in [1.807, 2.05) is 0 Å². The third-order valence-corrected chi connectivity index (χ3v) is 4.90. The lowest BCUT2D eigenvalue weighted by Gasteiger charge is -2.30. The quantitative estimate of drug-likeness (QED) is 0.596. The van der Waals surface area contributed by atoms with Crippen molar-refractivity contribution in [2.45, 2.75) is 37.6 Å². The van der Waals surface area contributed by atoms with Gasteiger partial charge in [-0.1, -0.05) is 30.9 Å². The predicted octanol–water partition coefficient (Wildman–Crippen LogP) is 1.92. The van der Waals surface area contributed by atoms with Gasteiger partial charge in [0.25, 0.3) is 11.8 Å². The van der Waals surface area contributed by atoms with Crippen LogP contribution >= 0.6 is 11.6 Å². The first-order valence-electron chi connectivity index (χ1n) is 8.41. The molecule has 27 heavy (non-hydrogen) atoms. The van der Waals surface area contributed by atoms with Crippen LogP contribution in [0.5, 0.6) is 0 Å². The summed E-state index contributed by atoms with van der Waals surface area (Å²) >= 11 is 5.75. The number of nitrogens with zero attached hydrogens (tertiary/aromatic N) is 1. The van der Waals surface area contributed by atoms with Crippen LogP contribution in [0.3, 0.4) is 0 Å². The Balaban J connectivity index is 1.57. The lowest BCUT2D eigenvalue weighted by atomic mass is 9.82. The summed E-state index contributed by atoms with van der Waals surface area (Å²) in [4.78, 5) is 48.5. The Morgan fingerprint density at radius 3 is 2.63 bits per heavy atom. The van der Waals surface area contributed by atoms with Gasteiger partial charge in [0.2, 0.25) is 0 Å². The third-order valence-electron chi connectivity index (χ3n) is 4.59. The molecule has 1 heterocycles. The lowest BCUT2D eigenvalue weighted by molar-refractivity contribution is -0.140. The van der Waals surface area contributed by atoms with E-state index in [4.69, 9.17) is 16.3 Å². The Morgan fingerprint density at radius 2 is 1.96 bits per heavy atom. The summed E-state index contributed by atoms with van der Waals surface area (Å²) in [6, 6.07) is 2.37. The van der Waals surface area contributed by atoms with E-state index in [9.17, 15) is 23.6 Å². The van der Waals surface area contributed by atoms with Crippen LogP contribution in [0.4, 0.5) is 9.18 Å².